The second-order valence-electron chi connectivity index (χ2n) is 9.75. The van der Waals surface area contributed by atoms with Crippen LogP contribution in [0.3, 0.4) is 0 Å². The van der Waals surface area contributed by atoms with E-state index in [1.165, 1.54) is 48.1 Å². The molecule has 0 fully saturated rings. The van der Waals surface area contributed by atoms with Crippen LogP contribution >= 0.6 is 0 Å². The van der Waals surface area contributed by atoms with E-state index in [9.17, 15) is 13.6 Å². The number of carbonyl (C=O) groups is 1. The molecular formula is C30H39F2N3O. The molecule has 3 rings (SSSR count). The molecule has 194 valence electrons. The molecule has 1 aliphatic rings. The van der Waals surface area contributed by atoms with Crippen molar-refractivity contribution >= 4 is 12.1 Å². The molecule has 0 aliphatic carbocycles. The van der Waals surface area contributed by atoms with E-state index in [1.54, 1.807) is 0 Å². The van der Waals surface area contributed by atoms with E-state index < -0.39 is 11.6 Å². The minimum absolute atomic E-state index is 0.322. The number of amides is 1. The summed E-state index contributed by atoms with van der Waals surface area (Å²) in [5, 5.41) is 5.88. The maximum atomic E-state index is 13.6. The fraction of sp³-hybridized carbons (Fsp3) is 0.433. The molecular weight excluding hydrogens is 456 g/mol. The van der Waals surface area contributed by atoms with Gasteiger partial charge in [-0.25, -0.2) is 8.78 Å². The van der Waals surface area contributed by atoms with Gasteiger partial charge in [-0.3, -0.25) is 4.79 Å². The topological polar surface area (TPSA) is 44.4 Å². The van der Waals surface area contributed by atoms with Gasteiger partial charge in [-0.15, -0.1) is 0 Å². The van der Waals surface area contributed by atoms with Crippen LogP contribution in [-0.2, 0) is 24.3 Å². The minimum atomic E-state index is -0.540. The summed E-state index contributed by atoms with van der Waals surface area (Å²) >= 11 is 0. The third-order valence-corrected chi connectivity index (χ3v) is 6.98. The average molecular weight is 496 g/mol. The average Bonchev–Trinajstić information content (AvgIpc) is 3.18. The van der Waals surface area contributed by atoms with Crippen molar-refractivity contribution in [3.05, 3.63) is 89.1 Å². The monoisotopic (exact) mass is 495 g/mol. The van der Waals surface area contributed by atoms with Crippen molar-refractivity contribution in [1.82, 2.24) is 15.5 Å². The van der Waals surface area contributed by atoms with Crippen molar-refractivity contribution in [2.45, 2.75) is 77.4 Å². The highest BCUT2D eigenvalue weighted by Crippen LogP contribution is 2.35. The molecule has 1 heterocycles. The first-order valence-corrected chi connectivity index (χ1v) is 13.0. The molecule has 1 atom stereocenters. The Morgan fingerprint density at radius 3 is 2.67 bits per heavy atom. The number of hydrogen-bond donors (Lipinski definition) is 2. The lowest BCUT2D eigenvalue weighted by molar-refractivity contribution is -0.109. The molecule has 1 aliphatic heterocycles. The molecule has 1 unspecified atom stereocenters. The molecule has 6 heteroatoms. The molecule has 0 spiro atoms. The SMILES string of the molecule is C=C(CCC(C)N1Cc2cc(CCCCCCCNCc3ccc(F)cc3F)ccc2C1=C)NC=O. The van der Waals surface area contributed by atoms with E-state index in [4.69, 9.17) is 0 Å². The number of nitrogens with one attached hydrogen (secondary N) is 2. The van der Waals surface area contributed by atoms with Crippen LogP contribution in [0.5, 0.6) is 0 Å². The molecule has 2 aromatic rings. The van der Waals surface area contributed by atoms with Crippen LogP contribution < -0.4 is 10.6 Å². The predicted octanol–water partition coefficient (Wildman–Crippen LogP) is 6.46. The number of halogens is 2. The van der Waals surface area contributed by atoms with E-state index >= 15 is 0 Å². The molecule has 0 saturated heterocycles. The van der Waals surface area contributed by atoms with Crippen molar-refractivity contribution < 1.29 is 13.6 Å². The summed E-state index contributed by atoms with van der Waals surface area (Å²) in [5.74, 6) is -1.03. The van der Waals surface area contributed by atoms with E-state index in [0.29, 0.717) is 24.6 Å². The predicted molar refractivity (Wildman–Crippen MR) is 143 cm³/mol. The molecule has 1 amide bonds. The number of hydrogen-bond acceptors (Lipinski definition) is 3. The maximum Gasteiger partial charge on any atom is 0.211 e. The van der Waals surface area contributed by atoms with Gasteiger partial charge >= 0.3 is 0 Å². The largest absolute Gasteiger partial charge is 0.364 e. The summed E-state index contributed by atoms with van der Waals surface area (Å²) in [5.41, 5.74) is 6.29. The lowest BCUT2D eigenvalue weighted by atomic mass is 10.0. The zero-order valence-corrected chi connectivity index (χ0v) is 21.4. The summed E-state index contributed by atoms with van der Waals surface area (Å²) in [6, 6.07) is 10.8. The summed E-state index contributed by atoms with van der Waals surface area (Å²) in [6.07, 6.45) is 9.17. The van der Waals surface area contributed by atoms with Gasteiger partial charge in [0.25, 0.3) is 0 Å². The summed E-state index contributed by atoms with van der Waals surface area (Å²) in [4.78, 5) is 12.9. The fourth-order valence-electron chi connectivity index (χ4n) is 4.76. The molecule has 2 N–H and O–H groups in total. The first kappa shape index (κ1) is 27.6. The Hall–Kier alpha value is -2.99. The molecule has 4 nitrogen and oxygen atoms in total. The second-order valence-corrected chi connectivity index (χ2v) is 9.75. The standard InChI is InChI=1S/C30H39F2N3O/c1-22(34-21-36)10-11-23(2)35-20-27-17-25(12-15-29(27)24(35)3)9-7-5-4-6-8-16-33-19-26-13-14-28(31)18-30(26)32/h12-15,17-18,21,23,33H,1,3-11,16,19-20H2,2H3,(H,34,36). The molecule has 0 aromatic heterocycles. The van der Waals surface area contributed by atoms with Crippen molar-refractivity contribution in [3.8, 4) is 0 Å². The van der Waals surface area contributed by atoms with Gasteiger partial charge in [0.1, 0.15) is 11.6 Å². The van der Waals surface area contributed by atoms with Crippen molar-refractivity contribution in [3.63, 3.8) is 0 Å². The number of fused-ring (bicyclic) bond motifs is 1. The van der Waals surface area contributed by atoms with Crippen LogP contribution in [0, 0.1) is 11.6 Å². The molecule has 2 aromatic carbocycles. The molecule has 0 saturated carbocycles. The van der Waals surface area contributed by atoms with Crippen LogP contribution in [0.4, 0.5) is 8.78 Å². The Bertz CT molecular complexity index is 1050. The normalized spacial score (nSPS) is 13.5. The number of nitrogens with zero attached hydrogens (tertiary/aromatic N) is 1. The van der Waals surface area contributed by atoms with Crippen LogP contribution in [0.15, 0.2) is 55.3 Å². The number of aryl methyl sites for hydroxylation is 1. The van der Waals surface area contributed by atoms with E-state index in [2.05, 4.69) is 53.8 Å². The third kappa shape index (κ3) is 8.02. The van der Waals surface area contributed by atoms with Gasteiger partial charge in [-0.1, -0.05) is 56.7 Å². The Kier molecular flexibility index (Phi) is 10.7. The van der Waals surface area contributed by atoms with Crippen LogP contribution in [-0.4, -0.2) is 23.9 Å². The van der Waals surface area contributed by atoms with Crippen LogP contribution in [0.1, 0.15) is 74.1 Å². The molecule has 36 heavy (non-hydrogen) atoms. The first-order chi connectivity index (χ1) is 17.4. The maximum absolute atomic E-state index is 13.6. The summed E-state index contributed by atoms with van der Waals surface area (Å²) < 4.78 is 26.6. The van der Waals surface area contributed by atoms with Crippen molar-refractivity contribution in [2.24, 2.45) is 0 Å². The van der Waals surface area contributed by atoms with Crippen molar-refractivity contribution in [1.29, 1.82) is 0 Å². The Balaban J connectivity index is 1.31. The lowest BCUT2D eigenvalue weighted by Gasteiger charge is -2.27. The van der Waals surface area contributed by atoms with E-state index in [-0.39, 0.29) is 0 Å². The van der Waals surface area contributed by atoms with Gasteiger partial charge in [0.2, 0.25) is 6.41 Å². The number of unbranched alkanes of at least 4 members (excludes halogenated alkanes) is 4. The zero-order valence-electron chi connectivity index (χ0n) is 21.4. The Morgan fingerprint density at radius 1 is 1.11 bits per heavy atom. The lowest BCUT2D eigenvalue weighted by Crippen LogP contribution is -2.27. The first-order valence-electron chi connectivity index (χ1n) is 13.0. The number of rotatable bonds is 16. The van der Waals surface area contributed by atoms with Gasteiger partial charge in [0.15, 0.2) is 0 Å². The fourth-order valence-corrected chi connectivity index (χ4v) is 4.76. The van der Waals surface area contributed by atoms with Gasteiger partial charge in [-0.05, 0) is 62.8 Å². The van der Waals surface area contributed by atoms with E-state index in [1.807, 2.05) is 0 Å². The molecule has 0 bridgehead atoms. The Labute approximate surface area is 214 Å². The number of carbonyl (C=O) groups excluding carboxylic acids is 1. The zero-order chi connectivity index (χ0) is 25.9. The minimum Gasteiger partial charge on any atom is -0.364 e. The van der Waals surface area contributed by atoms with Gasteiger partial charge in [0.05, 0.1) is 0 Å². The highest BCUT2D eigenvalue weighted by molar-refractivity contribution is 5.69. The number of benzene rings is 2. The molecule has 0 radical (unpaired) electrons. The van der Waals surface area contributed by atoms with Gasteiger partial charge in [0, 0.05) is 47.7 Å². The second kappa shape index (κ2) is 13.9. The van der Waals surface area contributed by atoms with E-state index in [0.717, 1.165) is 62.7 Å². The van der Waals surface area contributed by atoms with Crippen molar-refractivity contribution in [2.75, 3.05) is 6.54 Å². The van der Waals surface area contributed by atoms with Crippen LogP contribution in [0.25, 0.3) is 5.70 Å². The summed E-state index contributed by atoms with van der Waals surface area (Å²) in [6.45, 7) is 12.6. The van der Waals surface area contributed by atoms with Crippen LogP contribution in [0.2, 0.25) is 0 Å². The Morgan fingerprint density at radius 2 is 1.89 bits per heavy atom. The third-order valence-electron chi connectivity index (χ3n) is 6.98. The van der Waals surface area contributed by atoms with Gasteiger partial charge < -0.3 is 15.5 Å². The highest BCUT2D eigenvalue weighted by atomic mass is 19.1. The smallest absolute Gasteiger partial charge is 0.211 e. The highest BCUT2D eigenvalue weighted by Gasteiger charge is 2.26. The van der Waals surface area contributed by atoms with Gasteiger partial charge in [-0.2, -0.15) is 0 Å². The quantitative estimate of drug-likeness (QED) is 0.207. The number of allylic oxidation sites excluding steroid dienone is 1. The summed E-state index contributed by atoms with van der Waals surface area (Å²) in [7, 11) is 0.